The number of carbonyl (C=O) groups is 2. The molecule has 0 fully saturated rings. The van der Waals surface area contributed by atoms with Gasteiger partial charge in [-0.1, -0.05) is 48.5 Å². The van der Waals surface area contributed by atoms with Gasteiger partial charge < -0.3 is 15.2 Å². The number of carboxylic acid groups (broad SMARTS) is 1. The first kappa shape index (κ1) is 18.2. The van der Waals surface area contributed by atoms with Crippen LogP contribution in [0.5, 0.6) is 0 Å². The Morgan fingerprint density at radius 1 is 1.16 bits per heavy atom. The zero-order chi connectivity index (χ0) is 18.2. The number of benzene rings is 2. The highest BCUT2D eigenvalue weighted by molar-refractivity contribution is 5.87. The van der Waals surface area contributed by atoms with Gasteiger partial charge in [0.15, 0.2) is 6.10 Å². The minimum atomic E-state index is -1.18. The Labute approximate surface area is 145 Å². The van der Waals surface area contributed by atoms with E-state index in [1.807, 2.05) is 12.1 Å². The molecule has 25 heavy (non-hydrogen) atoms. The van der Waals surface area contributed by atoms with Gasteiger partial charge in [-0.05, 0) is 17.2 Å². The molecule has 0 aromatic heterocycles. The molecule has 0 radical (unpaired) electrons. The summed E-state index contributed by atoms with van der Waals surface area (Å²) in [4.78, 5) is 24.0. The van der Waals surface area contributed by atoms with Crippen LogP contribution < -0.4 is 5.32 Å². The van der Waals surface area contributed by atoms with E-state index in [4.69, 9.17) is 10.00 Å². The molecule has 128 valence electrons. The molecule has 6 heteroatoms. The molecule has 0 spiro atoms. The van der Waals surface area contributed by atoms with Crippen LogP contribution in [-0.2, 0) is 20.7 Å². The standard InChI is InChI=1S/C19H18N2O4/c1-25-17(13-7-3-2-4-8-13)18(22)21-16(19(23)24)11-14-9-5-6-10-15(14)12-20/h2-10,16-17H,11H2,1H3,(H,21,22)(H,23,24)/t16-,17+/m0/s1. The second kappa shape index (κ2) is 8.62. The smallest absolute Gasteiger partial charge is 0.326 e. The Kier molecular flexibility index (Phi) is 6.26. The fourth-order valence-electron chi connectivity index (χ4n) is 2.50. The number of rotatable bonds is 7. The van der Waals surface area contributed by atoms with Gasteiger partial charge in [-0.25, -0.2) is 4.79 Å². The zero-order valence-corrected chi connectivity index (χ0v) is 13.7. The number of ether oxygens (including phenoxy) is 1. The molecule has 0 heterocycles. The van der Waals surface area contributed by atoms with E-state index in [1.54, 1.807) is 48.5 Å². The van der Waals surface area contributed by atoms with Gasteiger partial charge in [0.25, 0.3) is 5.91 Å². The first-order valence-corrected chi connectivity index (χ1v) is 7.65. The van der Waals surface area contributed by atoms with Crippen molar-refractivity contribution < 1.29 is 19.4 Å². The van der Waals surface area contributed by atoms with Gasteiger partial charge in [-0.3, -0.25) is 4.79 Å². The van der Waals surface area contributed by atoms with Crippen molar-refractivity contribution in [2.24, 2.45) is 0 Å². The lowest BCUT2D eigenvalue weighted by atomic mass is 10.0. The second-order valence-corrected chi connectivity index (χ2v) is 5.40. The number of aliphatic carboxylic acids is 1. The maximum absolute atomic E-state index is 12.5. The molecule has 1 amide bonds. The predicted molar refractivity (Wildman–Crippen MR) is 90.6 cm³/mol. The van der Waals surface area contributed by atoms with E-state index >= 15 is 0 Å². The van der Waals surface area contributed by atoms with Crippen LogP contribution in [0.2, 0.25) is 0 Å². The predicted octanol–water partition coefficient (Wildman–Crippen LogP) is 2.06. The zero-order valence-electron chi connectivity index (χ0n) is 13.7. The third-order valence-corrected chi connectivity index (χ3v) is 3.75. The van der Waals surface area contributed by atoms with E-state index < -0.39 is 24.0 Å². The summed E-state index contributed by atoms with van der Waals surface area (Å²) in [7, 11) is 1.39. The van der Waals surface area contributed by atoms with Crippen molar-refractivity contribution in [2.75, 3.05) is 7.11 Å². The molecule has 0 unspecified atom stereocenters. The number of carboxylic acids is 1. The van der Waals surface area contributed by atoms with E-state index in [9.17, 15) is 14.7 Å². The van der Waals surface area contributed by atoms with Crippen LogP contribution in [0.15, 0.2) is 54.6 Å². The molecule has 0 saturated carbocycles. The summed E-state index contributed by atoms with van der Waals surface area (Å²) in [6.45, 7) is 0. The molecule has 0 aliphatic rings. The number of carbonyl (C=O) groups excluding carboxylic acids is 1. The van der Waals surface area contributed by atoms with Crippen molar-refractivity contribution in [3.05, 3.63) is 71.3 Å². The lowest BCUT2D eigenvalue weighted by Gasteiger charge is -2.20. The molecule has 2 N–H and O–H groups in total. The third-order valence-electron chi connectivity index (χ3n) is 3.75. The minimum Gasteiger partial charge on any atom is -0.480 e. The Morgan fingerprint density at radius 2 is 1.80 bits per heavy atom. The van der Waals surface area contributed by atoms with Crippen LogP contribution in [0.3, 0.4) is 0 Å². The summed E-state index contributed by atoms with van der Waals surface area (Å²) in [5.74, 6) is -1.72. The molecule has 2 aromatic rings. The van der Waals surface area contributed by atoms with Crippen LogP contribution in [0, 0.1) is 11.3 Å². The SMILES string of the molecule is CO[C@@H](C(=O)N[C@@H](Cc1ccccc1C#N)C(=O)O)c1ccccc1. The van der Waals surface area contributed by atoms with Crippen LogP contribution in [0.25, 0.3) is 0 Å². The summed E-state index contributed by atoms with van der Waals surface area (Å²) >= 11 is 0. The average Bonchev–Trinajstić information content (AvgIpc) is 2.63. The fourth-order valence-corrected chi connectivity index (χ4v) is 2.50. The number of nitrogens with zero attached hydrogens (tertiary/aromatic N) is 1. The van der Waals surface area contributed by atoms with Crippen molar-refractivity contribution in [1.29, 1.82) is 5.26 Å². The third kappa shape index (κ3) is 4.66. The first-order valence-electron chi connectivity index (χ1n) is 7.65. The van der Waals surface area contributed by atoms with Gasteiger partial charge in [0.2, 0.25) is 0 Å². The van der Waals surface area contributed by atoms with Gasteiger partial charge in [0.1, 0.15) is 6.04 Å². The average molecular weight is 338 g/mol. The molecular weight excluding hydrogens is 320 g/mol. The number of nitrogens with one attached hydrogen (secondary N) is 1. The van der Waals surface area contributed by atoms with Crippen LogP contribution >= 0.6 is 0 Å². The summed E-state index contributed by atoms with van der Waals surface area (Å²) < 4.78 is 5.22. The van der Waals surface area contributed by atoms with Crippen molar-refractivity contribution in [3.8, 4) is 6.07 Å². The van der Waals surface area contributed by atoms with Crippen molar-refractivity contribution >= 4 is 11.9 Å². The van der Waals surface area contributed by atoms with Gasteiger partial charge in [-0.2, -0.15) is 5.26 Å². The maximum Gasteiger partial charge on any atom is 0.326 e. The molecule has 0 saturated heterocycles. The first-order chi connectivity index (χ1) is 12.1. The van der Waals surface area contributed by atoms with Gasteiger partial charge in [-0.15, -0.1) is 0 Å². The normalized spacial score (nSPS) is 12.6. The molecule has 2 atom stereocenters. The minimum absolute atomic E-state index is 0.00995. The monoisotopic (exact) mass is 338 g/mol. The molecular formula is C19H18N2O4. The van der Waals surface area contributed by atoms with Crippen LogP contribution in [0.1, 0.15) is 22.8 Å². The summed E-state index contributed by atoms with van der Waals surface area (Å²) in [6.07, 6.45) is -0.898. The van der Waals surface area contributed by atoms with E-state index in [0.29, 0.717) is 16.7 Å². The highest BCUT2D eigenvalue weighted by Gasteiger charge is 2.27. The number of hydrogen-bond acceptors (Lipinski definition) is 4. The quantitative estimate of drug-likeness (QED) is 0.805. The Balaban J connectivity index is 2.17. The van der Waals surface area contributed by atoms with Gasteiger partial charge in [0, 0.05) is 13.5 Å². The molecule has 0 bridgehead atoms. The second-order valence-electron chi connectivity index (χ2n) is 5.40. The molecule has 0 aliphatic carbocycles. The van der Waals surface area contributed by atoms with Crippen LogP contribution in [-0.4, -0.2) is 30.1 Å². The summed E-state index contributed by atoms with van der Waals surface area (Å²) in [5.41, 5.74) is 1.57. The molecule has 2 aromatic carbocycles. The topological polar surface area (TPSA) is 99.4 Å². The van der Waals surface area contributed by atoms with Crippen LogP contribution in [0.4, 0.5) is 0 Å². The van der Waals surface area contributed by atoms with E-state index in [2.05, 4.69) is 5.32 Å². The molecule has 2 rings (SSSR count). The molecule has 0 aliphatic heterocycles. The van der Waals surface area contributed by atoms with E-state index in [1.165, 1.54) is 7.11 Å². The Morgan fingerprint density at radius 3 is 2.40 bits per heavy atom. The van der Waals surface area contributed by atoms with Crippen molar-refractivity contribution in [2.45, 2.75) is 18.6 Å². The van der Waals surface area contributed by atoms with Gasteiger partial charge in [0.05, 0.1) is 11.6 Å². The Bertz CT molecular complexity index is 784. The largest absolute Gasteiger partial charge is 0.480 e. The number of nitriles is 1. The maximum atomic E-state index is 12.5. The summed E-state index contributed by atoms with van der Waals surface area (Å²) in [6, 6.07) is 16.4. The Hall–Kier alpha value is -3.17. The number of methoxy groups -OCH3 is 1. The van der Waals surface area contributed by atoms with Gasteiger partial charge >= 0.3 is 5.97 Å². The van der Waals surface area contributed by atoms with Crippen molar-refractivity contribution in [1.82, 2.24) is 5.32 Å². The molecule has 6 nitrogen and oxygen atoms in total. The summed E-state index contributed by atoms with van der Waals surface area (Å²) in [5, 5.41) is 21.0. The lowest BCUT2D eigenvalue weighted by Crippen LogP contribution is -2.44. The van der Waals surface area contributed by atoms with Crippen molar-refractivity contribution in [3.63, 3.8) is 0 Å². The highest BCUT2D eigenvalue weighted by Crippen LogP contribution is 2.17. The number of amides is 1. The number of hydrogen-bond donors (Lipinski definition) is 2. The van der Waals surface area contributed by atoms with E-state index in [-0.39, 0.29) is 6.42 Å². The van der Waals surface area contributed by atoms with E-state index in [0.717, 1.165) is 0 Å². The highest BCUT2D eigenvalue weighted by atomic mass is 16.5. The fraction of sp³-hybridized carbons (Fsp3) is 0.211. The lowest BCUT2D eigenvalue weighted by molar-refractivity contribution is -0.144.